The molecular weight excluding hydrogens is 250 g/mol. The molecule has 0 bridgehead atoms. The Labute approximate surface area is 118 Å². The molecule has 3 aromatic rings. The maximum Gasteiger partial charge on any atom is 0.0781 e. The lowest BCUT2D eigenvalue weighted by Crippen LogP contribution is -1.62. The number of fused-ring (bicyclic) bond motifs is 3. The van der Waals surface area contributed by atoms with Crippen molar-refractivity contribution in [3.63, 3.8) is 0 Å². The molecule has 20 heavy (non-hydrogen) atoms. The summed E-state index contributed by atoms with van der Waals surface area (Å²) in [5.41, 5.74) is 2.42. The van der Waals surface area contributed by atoms with Gasteiger partial charge in [0.25, 0.3) is 0 Å². The van der Waals surface area contributed by atoms with E-state index in [0.29, 0.717) is 6.10 Å². The van der Waals surface area contributed by atoms with Crippen LogP contribution < -0.4 is 0 Å². The number of nitrogens with one attached hydrogen (secondary N) is 1. The van der Waals surface area contributed by atoms with E-state index in [1.54, 1.807) is 0 Å². The second-order valence-electron chi connectivity index (χ2n) is 4.97. The number of hydrogen-bond acceptors (Lipinski definition) is 2. The minimum atomic E-state index is 0.583. The molecule has 2 aliphatic rings. The summed E-state index contributed by atoms with van der Waals surface area (Å²) in [6.07, 6.45) is 0.583. The predicted octanol–water partition coefficient (Wildman–Crippen LogP) is 3.74. The normalized spacial score (nSPS) is 18.8. The third-order valence-electron chi connectivity index (χ3n) is 3.12. The quantitative estimate of drug-likeness (QED) is 0.631. The van der Waals surface area contributed by atoms with Gasteiger partial charge in [-0.25, -0.2) is 0 Å². The highest BCUT2D eigenvalue weighted by Gasteiger charge is 2.13. The van der Waals surface area contributed by atoms with E-state index in [1.807, 2.05) is 0 Å². The molecule has 2 fully saturated rings. The Kier molecular flexibility index (Phi) is 4.00. The Hall–Kier alpha value is -1.84. The topological polar surface area (TPSA) is 40.8 Å². The second kappa shape index (κ2) is 6.07. The van der Waals surface area contributed by atoms with Crippen LogP contribution in [0.15, 0.2) is 48.5 Å². The van der Waals surface area contributed by atoms with Crippen molar-refractivity contribution in [2.24, 2.45) is 0 Å². The summed E-state index contributed by atoms with van der Waals surface area (Å²) in [5, 5.41) is 2.61. The largest absolute Gasteiger partial charge is 0.377 e. The van der Waals surface area contributed by atoms with Gasteiger partial charge >= 0.3 is 0 Å². The molecule has 2 aromatic carbocycles. The zero-order valence-electron chi connectivity index (χ0n) is 11.6. The molecular formula is C17H19NO2. The van der Waals surface area contributed by atoms with Crippen molar-refractivity contribution in [2.75, 3.05) is 19.8 Å². The molecule has 1 N–H and O–H groups in total. The van der Waals surface area contributed by atoms with E-state index in [-0.39, 0.29) is 0 Å². The van der Waals surface area contributed by atoms with Crippen LogP contribution in [0.25, 0.3) is 21.8 Å². The average Bonchev–Trinajstić information content (AvgIpc) is 3.39. The van der Waals surface area contributed by atoms with Crippen LogP contribution in [0.5, 0.6) is 0 Å². The SMILES string of the molecule is C1CO1.CC1CO1.c1ccc2c(c1)[nH]c1ccccc12. The summed E-state index contributed by atoms with van der Waals surface area (Å²) in [7, 11) is 0. The first kappa shape index (κ1) is 13.2. The van der Waals surface area contributed by atoms with E-state index in [2.05, 4.69) is 65.2 Å². The van der Waals surface area contributed by atoms with Gasteiger partial charge in [-0.2, -0.15) is 0 Å². The fourth-order valence-corrected chi connectivity index (χ4v) is 1.90. The third kappa shape index (κ3) is 3.59. The van der Waals surface area contributed by atoms with Gasteiger partial charge in [-0.15, -0.1) is 0 Å². The highest BCUT2D eigenvalue weighted by Crippen LogP contribution is 2.24. The smallest absolute Gasteiger partial charge is 0.0781 e. The third-order valence-corrected chi connectivity index (χ3v) is 3.12. The second-order valence-corrected chi connectivity index (χ2v) is 4.97. The summed E-state index contributed by atoms with van der Waals surface area (Å²) in [5.74, 6) is 0. The van der Waals surface area contributed by atoms with Gasteiger partial charge in [-0.3, -0.25) is 0 Å². The zero-order valence-corrected chi connectivity index (χ0v) is 11.6. The number of H-pyrrole nitrogens is 1. The number of aromatic nitrogens is 1. The monoisotopic (exact) mass is 269 g/mol. The number of epoxide rings is 2. The van der Waals surface area contributed by atoms with Gasteiger partial charge in [0, 0.05) is 21.8 Å². The Morgan fingerprint density at radius 1 is 0.900 bits per heavy atom. The molecule has 3 nitrogen and oxygen atoms in total. The van der Waals surface area contributed by atoms with E-state index in [1.165, 1.54) is 21.8 Å². The van der Waals surface area contributed by atoms with Crippen LogP contribution in [0.1, 0.15) is 6.92 Å². The lowest BCUT2D eigenvalue weighted by molar-refractivity contribution is 0.423. The highest BCUT2D eigenvalue weighted by molar-refractivity contribution is 6.06. The van der Waals surface area contributed by atoms with Crippen molar-refractivity contribution in [1.82, 2.24) is 4.98 Å². The Morgan fingerprint density at radius 2 is 1.30 bits per heavy atom. The Bertz CT molecular complexity index is 630. The number of rotatable bonds is 0. The molecule has 2 aliphatic heterocycles. The molecule has 0 aliphatic carbocycles. The van der Waals surface area contributed by atoms with Crippen LogP contribution >= 0.6 is 0 Å². The van der Waals surface area contributed by atoms with Crippen molar-refractivity contribution in [3.05, 3.63) is 48.5 Å². The summed E-state index contributed by atoms with van der Waals surface area (Å²) >= 11 is 0. The van der Waals surface area contributed by atoms with Gasteiger partial charge in [-0.1, -0.05) is 36.4 Å². The van der Waals surface area contributed by atoms with E-state index in [9.17, 15) is 0 Å². The minimum absolute atomic E-state index is 0.583. The van der Waals surface area contributed by atoms with Gasteiger partial charge in [0.2, 0.25) is 0 Å². The molecule has 3 heterocycles. The number of para-hydroxylation sites is 2. The van der Waals surface area contributed by atoms with Crippen molar-refractivity contribution in [3.8, 4) is 0 Å². The van der Waals surface area contributed by atoms with Gasteiger partial charge in [0.15, 0.2) is 0 Å². The first-order chi connectivity index (χ1) is 9.84. The molecule has 5 rings (SSSR count). The van der Waals surface area contributed by atoms with Gasteiger partial charge < -0.3 is 14.5 Å². The lowest BCUT2D eigenvalue weighted by atomic mass is 10.2. The summed E-state index contributed by atoms with van der Waals surface area (Å²) in [6, 6.07) is 16.8. The molecule has 0 saturated carbocycles. The van der Waals surface area contributed by atoms with Crippen LogP contribution in [0, 0.1) is 0 Å². The van der Waals surface area contributed by atoms with Crippen molar-refractivity contribution in [1.29, 1.82) is 0 Å². The molecule has 1 atom stereocenters. The van der Waals surface area contributed by atoms with Gasteiger partial charge in [0.05, 0.1) is 25.9 Å². The van der Waals surface area contributed by atoms with E-state index < -0.39 is 0 Å². The number of aromatic amines is 1. The molecule has 1 unspecified atom stereocenters. The summed E-state index contributed by atoms with van der Waals surface area (Å²) < 4.78 is 9.21. The van der Waals surface area contributed by atoms with Crippen LogP contribution in [-0.4, -0.2) is 30.9 Å². The van der Waals surface area contributed by atoms with Gasteiger partial charge in [-0.05, 0) is 19.1 Å². The molecule has 3 heteroatoms. The zero-order chi connectivity index (χ0) is 13.8. The molecule has 0 radical (unpaired) electrons. The van der Waals surface area contributed by atoms with Crippen molar-refractivity contribution >= 4 is 21.8 Å². The van der Waals surface area contributed by atoms with Crippen molar-refractivity contribution < 1.29 is 9.47 Å². The minimum Gasteiger partial charge on any atom is -0.377 e. The highest BCUT2D eigenvalue weighted by atomic mass is 16.6. The van der Waals surface area contributed by atoms with Crippen LogP contribution in [0.4, 0.5) is 0 Å². The lowest BCUT2D eigenvalue weighted by Gasteiger charge is -1.87. The first-order valence-corrected chi connectivity index (χ1v) is 6.99. The fraction of sp³-hybridized carbons (Fsp3) is 0.294. The van der Waals surface area contributed by atoms with E-state index >= 15 is 0 Å². The number of ether oxygens (including phenoxy) is 2. The van der Waals surface area contributed by atoms with Crippen LogP contribution in [0.3, 0.4) is 0 Å². The molecule has 0 amide bonds. The first-order valence-electron chi connectivity index (χ1n) is 6.99. The molecule has 1 aromatic heterocycles. The van der Waals surface area contributed by atoms with Crippen LogP contribution in [-0.2, 0) is 9.47 Å². The fourth-order valence-electron chi connectivity index (χ4n) is 1.90. The Balaban J connectivity index is 0.000000141. The maximum absolute atomic E-state index is 4.71. The number of hydrogen-bond donors (Lipinski definition) is 1. The summed E-state index contributed by atoms with van der Waals surface area (Å²) in [6.45, 7) is 5.04. The molecule has 104 valence electrons. The van der Waals surface area contributed by atoms with E-state index in [4.69, 9.17) is 4.74 Å². The van der Waals surface area contributed by atoms with Gasteiger partial charge in [0.1, 0.15) is 0 Å². The molecule has 0 spiro atoms. The predicted molar refractivity (Wildman–Crippen MR) is 82.0 cm³/mol. The standard InChI is InChI=1S/C12H9N.C3H6O.C2H4O/c1-3-7-11-9(5-1)10-6-2-4-8-12(10)13-11;1-3-2-4-3;1-2-3-1/h1-8,13H;3H,2H2,1H3;1-2H2. The average molecular weight is 269 g/mol. The molecule has 2 saturated heterocycles. The van der Waals surface area contributed by atoms with E-state index in [0.717, 1.165) is 19.8 Å². The summed E-state index contributed by atoms with van der Waals surface area (Å²) in [4.78, 5) is 3.38. The Morgan fingerprint density at radius 3 is 1.65 bits per heavy atom. The maximum atomic E-state index is 4.71. The van der Waals surface area contributed by atoms with Crippen LogP contribution in [0.2, 0.25) is 0 Å². The number of benzene rings is 2. The van der Waals surface area contributed by atoms with Crippen molar-refractivity contribution in [2.45, 2.75) is 13.0 Å².